The normalized spacial score (nSPS) is 11.4. The minimum atomic E-state index is -0.382. The molecule has 0 atom stereocenters. The SMILES string of the molecule is C#CCn1c(=NC(=O)c2ccc(C(C)=O)cc2)sc2cc(OCC)ccc21. The molecule has 2 aromatic carbocycles. The van der Waals surface area contributed by atoms with E-state index in [-0.39, 0.29) is 11.7 Å². The van der Waals surface area contributed by atoms with Crippen LogP contribution in [0.15, 0.2) is 47.5 Å². The van der Waals surface area contributed by atoms with Crippen LogP contribution >= 0.6 is 11.3 Å². The smallest absolute Gasteiger partial charge is 0.279 e. The monoisotopic (exact) mass is 378 g/mol. The molecule has 1 heterocycles. The van der Waals surface area contributed by atoms with Crippen LogP contribution in [0, 0.1) is 12.3 Å². The Morgan fingerprint density at radius 1 is 1.19 bits per heavy atom. The van der Waals surface area contributed by atoms with E-state index in [0.717, 1.165) is 16.0 Å². The fourth-order valence-electron chi connectivity index (χ4n) is 2.64. The first-order valence-electron chi connectivity index (χ1n) is 8.43. The Kier molecular flexibility index (Phi) is 5.53. The van der Waals surface area contributed by atoms with Crippen LogP contribution in [0.25, 0.3) is 10.2 Å². The van der Waals surface area contributed by atoms with Crippen LogP contribution in [0.4, 0.5) is 0 Å². The lowest BCUT2D eigenvalue weighted by atomic mass is 10.1. The van der Waals surface area contributed by atoms with E-state index in [4.69, 9.17) is 11.2 Å². The van der Waals surface area contributed by atoms with E-state index in [9.17, 15) is 9.59 Å². The molecule has 5 nitrogen and oxygen atoms in total. The summed E-state index contributed by atoms with van der Waals surface area (Å²) in [5.74, 6) is 2.94. The van der Waals surface area contributed by atoms with Gasteiger partial charge in [0.25, 0.3) is 5.91 Å². The number of carbonyl (C=O) groups is 2. The third-order valence-corrected chi connectivity index (χ3v) is 4.99. The van der Waals surface area contributed by atoms with Crippen molar-refractivity contribution in [2.45, 2.75) is 20.4 Å². The molecule has 136 valence electrons. The molecule has 27 heavy (non-hydrogen) atoms. The summed E-state index contributed by atoms with van der Waals surface area (Å²) >= 11 is 1.38. The van der Waals surface area contributed by atoms with Gasteiger partial charge in [-0.1, -0.05) is 29.4 Å². The van der Waals surface area contributed by atoms with Crippen molar-refractivity contribution in [2.75, 3.05) is 6.61 Å². The summed E-state index contributed by atoms with van der Waals surface area (Å²) in [6.07, 6.45) is 5.49. The number of carbonyl (C=O) groups excluding carboxylic acids is 2. The summed E-state index contributed by atoms with van der Waals surface area (Å²) in [6, 6.07) is 12.2. The van der Waals surface area contributed by atoms with E-state index >= 15 is 0 Å². The molecule has 0 unspecified atom stereocenters. The molecule has 1 amide bonds. The number of Topliss-reactive ketones (excluding diaryl/α,β-unsaturated/α-hetero) is 1. The number of ketones is 1. The Morgan fingerprint density at radius 3 is 2.52 bits per heavy atom. The van der Waals surface area contributed by atoms with Crippen molar-refractivity contribution < 1.29 is 14.3 Å². The minimum absolute atomic E-state index is 0.0487. The molecule has 1 aromatic heterocycles. The Hall–Kier alpha value is -3.17. The number of thiazole rings is 1. The maximum atomic E-state index is 12.6. The molecular formula is C21H18N2O3S. The molecular weight excluding hydrogens is 360 g/mol. The van der Waals surface area contributed by atoms with E-state index < -0.39 is 0 Å². The number of benzene rings is 2. The molecule has 0 N–H and O–H groups in total. The van der Waals surface area contributed by atoms with Gasteiger partial charge < -0.3 is 9.30 Å². The average Bonchev–Trinajstić information content (AvgIpc) is 2.99. The number of hydrogen-bond acceptors (Lipinski definition) is 4. The Morgan fingerprint density at radius 2 is 1.89 bits per heavy atom. The lowest BCUT2D eigenvalue weighted by Crippen LogP contribution is -2.16. The lowest BCUT2D eigenvalue weighted by molar-refractivity contribution is 0.0991. The van der Waals surface area contributed by atoms with E-state index in [1.807, 2.05) is 29.7 Å². The Labute approximate surface area is 160 Å². The van der Waals surface area contributed by atoms with Crippen LogP contribution in [0.3, 0.4) is 0 Å². The van der Waals surface area contributed by atoms with Crippen molar-refractivity contribution in [1.29, 1.82) is 0 Å². The quantitative estimate of drug-likeness (QED) is 0.503. The summed E-state index contributed by atoms with van der Waals surface area (Å²) in [5, 5.41) is 0. The largest absolute Gasteiger partial charge is 0.494 e. The first-order valence-corrected chi connectivity index (χ1v) is 9.25. The predicted octanol–water partition coefficient (Wildman–Crippen LogP) is 3.68. The molecule has 0 bridgehead atoms. The van der Waals surface area contributed by atoms with Gasteiger partial charge in [-0.15, -0.1) is 6.42 Å². The molecule has 0 aliphatic heterocycles. The van der Waals surface area contributed by atoms with Crippen LogP contribution in [0.1, 0.15) is 34.6 Å². The minimum Gasteiger partial charge on any atom is -0.494 e. The van der Waals surface area contributed by atoms with E-state index in [1.54, 1.807) is 24.3 Å². The van der Waals surface area contributed by atoms with Crippen molar-refractivity contribution in [3.05, 3.63) is 58.4 Å². The molecule has 6 heteroatoms. The van der Waals surface area contributed by atoms with Crippen LogP contribution in [-0.4, -0.2) is 22.9 Å². The summed E-state index contributed by atoms with van der Waals surface area (Å²) in [6.45, 7) is 4.29. The highest BCUT2D eigenvalue weighted by Crippen LogP contribution is 2.23. The van der Waals surface area contributed by atoms with Gasteiger partial charge in [0.2, 0.25) is 0 Å². The zero-order valence-corrected chi connectivity index (χ0v) is 15.9. The molecule has 0 fully saturated rings. The van der Waals surface area contributed by atoms with Gasteiger partial charge in [0.05, 0.1) is 23.4 Å². The van der Waals surface area contributed by atoms with Crippen molar-refractivity contribution >= 4 is 33.2 Å². The number of aromatic nitrogens is 1. The maximum Gasteiger partial charge on any atom is 0.279 e. The van der Waals surface area contributed by atoms with Crippen molar-refractivity contribution in [1.82, 2.24) is 4.57 Å². The van der Waals surface area contributed by atoms with Gasteiger partial charge >= 0.3 is 0 Å². The molecule has 0 aliphatic rings. The molecule has 3 rings (SSSR count). The van der Waals surface area contributed by atoms with Crippen LogP contribution < -0.4 is 9.54 Å². The van der Waals surface area contributed by atoms with Crippen molar-refractivity contribution in [2.24, 2.45) is 4.99 Å². The zero-order valence-electron chi connectivity index (χ0n) is 15.1. The van der Waals surface area contributed by atoms with Gasteiger partial charge in [0.15, 0.2) is 10.6 Å². The number of ether oxygens (including phenoxy) is 1. The topological polar surface area (TPSA) is 60.7 Å². The van der Waals surface area contributed by atoms with Crippen LogP contribution in [0.2, 0.25) is 0 Å². The first-order chi connectivity index (χ1) is 13.0. The number of hydrogen-bond donors (Lipinski definition) is 0. The van der Waals surface area contributed by atoms with Gasteiger partial charge in [-0.25, -0.2) is 0 Å². The van der Waals surface area contributed by atoms with Gasteiger partial charge in [0.1, 0.15) is 5.75 Å². The van der Waals surface area contributed by atoms with Crippen molar-refractivity contribution in [3.63, 3.8) is 0 Å². The maximum absolute atomic E-state index is 12.6. The second-order valence-corrected chi connectivity index (χ2v) is 6.80. The van der Waals surface area contributed by atoms with Gasteiger partial charge in [0, 0.05) is 11.1 Å². The van der Waals surface area contributed by atoms with Crippen LogP contribution in [-0.2, 0) is 6.54 Å². The predicted molar refractivity (Wildman–Crippen MR) is 106 cm³/mol. The Bertz CT molecular complexity index is 1120. The lowest BCUT2D eigenvalue weighted by Gasteiger charge is -2.03. The summed E-state index contributed by atoms with van der Waals surface area (Å²) in [7, 11) is 0. The average molecular weight is 378 g/mol. The molecule has 0 saturated heterocycles. The second-order valence-electron chi connectivity index (χ2n) is 5.79. The molecule has 0 saturated carbocycles. The number of terminal acetylenes is 1. The highest BCUT2D eigenvalue weighted by atomic mass is 32.1. The second kappa shape index (κ2) is 8.02. The highest BCUT2D eigenvalue weighted by Gasteiger charge is 2.10. The Balaban J connectivity index is 2.05. The fourth-order valence-corrected chi connectivity index (χ4v) is 3.69. The number of nitrogens with zero attached hydrogens (tertiary/aromatic N) is 2. The van der Waals surface area contributed by atoms with Gasteiger partial charge in [-0.05, 0) is 44.2 Å². The standard InChI is InChI=1S/C21H18N2O3S/c1-4-12-23-18-11-10-17(26-5-2)13-19(18)27-21(23)22-20(25)16-8-6-15(7-9-16)14(3)24/h1,6-11,13H,5,12H2,2-3H3. The molecule has 0 aliphatic carbocycles. The fraction of sp³-hybridized carbons (Fsp3) is 0.190. The molecule has 0 radical (unpaired) electrons. The number of amides is 1. The third-order valence-electron chi connectivity index (χ3n) is 3.95. The van der Waals surface area contributed by atoms with Crippen LogP contribution in [0.5, 0.6) is 5.75 Å². The van der Waals surface area contributed by atoms with E-state index in [1.165, 1.54) is 18.3 Å². The van der Waals surface area contributed by atoms with E-state index in [0.29, 0.717) is 29.1 Å². The molecule has 0 spiro atoms. The van der Waals surface area contributed by atoms with Gasteiger partial charge in [-0.3, -0.25) is 9.59 Å². The summed E-state index contributed by atoms with van der Waals surface area (Å²) in [5.41, 5.74) is 1.87. The van der Waals surface area contributed by atoms with E-state index in [2.05, 4.69) is 10.9 Å². The van der Waals surface area contributed by atoms with Gasteiger partial charge in [-0.2, -0.15) is 4.99 Å². The highest BCUT2D eigenvalue weighted by molar-refractivity contribution is 7.16. The third kappa shape index (κ3) is 3.99. The summed E-state index contributed by atoms with van der Waals surface area (Å²) in [4.78, 5) is 28.7. The summed E-state index contributed by atoms with van der Waals surface area (Å²) < 4.78 is 8.31. The zero-order chi connectivity index (χ0) is 19.4. The number of fused-ring (bicyclic) bond motifs is 1. The number of rotatable bonds is 5. The molecule has 3 aromatic rings. The first kappa shape index (κ1) is 18.6. The van der Waals surface area contributed by atoms with Crippen molar-refractivity contribution in [3.8, 4) is 18.1 Å².